The maximum Gasteiger partial charge on any atom is 1.00 e. The summed E-state index contributed by atoms with van der Waals surface area (Å²) in [4.78, 5) is 47.2. The number of aromatic amines is 5. The van der Waals surface area contributed by atoms with Gasteiger partial charge in [-0.05, 0) is 89.0 Å². The van der Waals surface area contributed by atoms with Crippen LogP contribution in [0, 0.1) is 13.8 Å². The van der Waals surface area contributed by atoms with E-state index in [4.69, 9.17) is 23.2 Å². The van der Waals surface area contributed by atoms with Gasteiger partial charge in [-0.1, -0.05) is 359 Å². The molecular weight excluding hydrogens is 2030 g/mol. The van der Waals surface area contributed by atoms with Crippen molar-refractivity contribution in [3.05, 3.63) is 491 Å². The summed E-state index contributed by atoms with van der Waals surface area (Å²) in [6, 6.07) is 109. The predicted octanol–water partition coefficient (Wildman–Crippen LogP) is 7.22. The molecule has 143 heavy (non-hydrogen) atoms. The molecule has 0 bridgehead atoms. The summed E-state index contributed by atoms with van der Waals surface area (Å²) in [5.74, 6) is 2.03. The fourth-order valence-electron chi connectivity index (χ4n) is 11.6. The Morgan fingerprint density at radius 2 is 0.853 bits per heavy atom. The van der Waals surface area contributed by atoms with Gasteiger partial charge in [-0.25, -0.2) is 44.4 Å². The largest absolute Gasteiger partial charge is 1.00 e. The van der Waals surface area contributed by atoms with Gasteiger partial charge >= 0.3 is 59.1 Å². The maximum atomic E-state index is 4.89. The number of nitrogens with zero attached hydrogens (tertiary/aromatic N) is 13. The Morgan fingerprint density at radius 1 is 0.399 bits per heavy atom. The van der Waals surface area contributed by atoms with Gasteiger partial charge in [-0.3, -0.25) is 4.98 Å². The SMILES string of the molecule is BrCCc1ccccc1.BrCc1ccccc1.C.C.C.C.Cc1ncc[nH]1.Cc1nccn1Cc1ccccc1.[B].[B]B([B])[B].[B][B].[B][B]B([B])[B].[B][B][B].[Br-].[Br-].[Na+].[Na+].c1c[nH]cn1.c1ccc(-c2cnc[nH]2)cc1.c1ccc(CC[n+]2cc[nH]c2)cc1.c1ccc(Cn2ccnc2)cc1.c1ccc(Cn2cnc(-c3ccccc3)c2)cc1.c1ccc(Cn2cnc3ccccc32)cc1.c1ccc2[nH]cnc2c1. The molecule has 0 saturated heterocycles. The van der Waals surface area contributed by atoms with Gasteiger partial charge in [0.2, 0.25) is 6.33 Å². The van der Waals surface area contributed by atoms with E-state index in [1.165, 1.54) is 57.1 Å². The molecule has 11 aromatic carbocycles. The van der Waals surface area contributed by atoms with E-state index in [0.717, 1.165) is 108 Å². The predicted molar refractivity (Wildman–Crippen MR) is 608 cm³/mol. The van der Waals surface area contributed by atoms with Gasteiger partial charge in [-0.15, -0.1) is 0 Å². The van der Waals surface area contributed by atoms with Crippen molar-refractivity contribution in [1.29, 1.82) is 0 Å². The molecule has 9 heterocycles. The number of rotatable bonds is 17. The summed E-state index contributed by atoms with van der Waals surface area (Å²) in [5.41, 5.74) is 18.1. The Morgan fingerprint density at radius 3 is 1.24 bits per heavy atom. The van der Waals surface area contributed by atoms with Crippen LogP contribution in [0.1, 0.15) is 80.3 Å². The van der Waals surface area contributed by atoms with Crippen molar-refractivity contribution in [2.75, 3.05) is 5.33 Å². The van der Waals surface area contributed by atoms with Crippen molar-refractivity contribution < 1.29 is 97.6 Å². The molecule has 0 unspecified atom stereocenters. The van der Waals surface area contributed by atoms with Crippen LogP contribution in [0.4, 0.5) is 0 Å². The minimum absolute atomic E-state index is 0. The molecule has 20 rings (SSSR count). The first-order valence-corrected chi connectivity index (χ1v) is 45.0. The van der Waals surface area contributed by atoms with Crippen LogP contribution in [0.25, 0.3) is 44.6 Å². The number of benzene rings is 11. The number of aryl methyl sites for hydroxylation is 5. The number of halogens is 4. The number of H-pyrrole nitrogens is 5. The van der Waals surface area contributed by atoms with Gasteiger partial charge in [0.25, 0.3) is 0 Å². The zero-order valence-corrected chi connectivity index (χ0v) is 89.3. The van der Waals surface area contributed by atoms with Gasteiger partial charge in [0, 0.05) is 217 Å². The van der Waals surface area contributed by atoms with Crippen LogP contribution in [0.15, 0.2) is 440 Å². The molecule has 0 amide bonds. The number of fused-ring (bicyclic) bond motifs is 2. The van der Waals surface area contributed by atoms with E-state index >= 15 is 0 Å². The molecule has 0 aliphatic rings. The summed E-state index contributed by atoms with van der Waals surface area (Å²) < 4.78 is 10.6. The first-order valence-electron chi connectivity index (χ1n) is 42.8. The van der Waals surface area contributed by atoms with Crippen molar-refractivity contribution in [3.63, 3.8) is 0 Å². The molecule has 5 N–H and O–H groups in total. The molecule has 18 nitrogen and oxygen atoms in total. The first-order chi connectivity index (χ1) is 65.7. The number of imidazole rings is 9. The average Bonchev–Trinajstić information content (AvgIpc) is 1.68. The third-order valence-corrected chi connectivity index (χ3v) is 19.1. The van der Waals surface area contributed by atoms with Crippen LogP contribution in [-0.2, 0) is 50.9 Å². The molecule has 0 saturated carbocycles. The summed E-state index contributed by atoms with van der Waals surface area (Å²) in [6.07, 6.45) is 36.1. The van der Waals surface area contributed by atoms with Crippen LogP contribution in [-0.4, -0.2) is 201 Å². The minimum atomic E-state index is -0.667. The number of para-hydroxylation sites is 4. The molecule has 0 atom stereocenters. The van der Waals surface area contributed by atoms with E-state index < -0.39 is 12.8 Å². The Hall–Kier alpha value is -10.3. The monoisotopic (exact) mass is 2140 g/mol. The van der Waals surface area contributed by atoms with E-state index in [-0.39, 0.29) is 131 Å². The smallest absolute Gasteiger partial charge is 1.00 e. The van der Waals surface area contributed by atoms with Gasteiger partial charge in [-0.2, -0.15) is 0 Å². The van der Waals surface area contributed by atoms with Crippen LogP contribution in [0.3, 0.4) is 0 Å². The quantitative estimate of drug-likeness (QED) is 0.0357. The van der Waals surface area contributed by atoms with Crippen molar-refractivity contribution in [2.45, 2.75) is 94.4 Å². The molecule has 9 aromatic heterocycles. The topological polar surface area (TPSA) is 206 Å². The number of alkyl halides is 2. The maximum absolute atomic E-state index is 4.89. The van der Waals surface area contributed by atoms with Crippen molar-refractivity contribution >= 4 is 167 Å². The number of hydrogen-bond acceptors (Lipinski definition) is 8. The van der Waals surface area contributed by atoms with Crippen LogP contribution in [0.2, 0.25) is 0 Å². The Labute approximate surface area is 950 Å². The zero-order valence-electron chi connectivity index (χ0n) is 78.9. The Bertz CT molecular complexity index is 5980. The van der Waals surface area contributed by atoms with Gasteiger partial charge in [0.15, 0.2) is 0 Å². The molecule has 25 radical (unpaired) electrons. The molecule has 39 heteroatoms. The molecule has 0 spiro atoms. The summed E-state index contributed by atoms with van der Waals surface area (Å²) >= 11 is 6.74. The summed E-state index contributed by atoms with van der Waals surface area (Å²) in [5, 5.41) is 2.00. The van der Waals surface area contributed by atoms with E-state index in [9.17, 15) is 0 Å². The third-order valence-electron chi connectivity index (χ3n) is 18.0. The Kier molecular flexibility index (Phi) is 87.9. The van der Waals surface area contributed by atoms with E-state index in [1.54, 1.807) is 50.0 Å². The zero-order chi connectivity index (χ0) is 95.7. The first kappa shape index (κ1) is 139. The minimum Gasteiger partial charge on any atom is -1.00 e. The Balaban J connectivity index is -0.000000737. The molecule has 0 aliphatic heterocycles. The number of hydrogen-bond donors (Lipinski definition) is 5. The van der Waals surface area contributed by atoms with Crippen LogP contribution >= 0.6 is 31.9 Å². The van der Waals surface area contributed by atoms with Crippen molar-refractivity contribution in [3.8, 4) is 22.5 Å². The molecule has 20 aromatic rings. The van der Waals surface area contributed by atoms with E-state index in [1.807, 2.05) is 234 Å². The molecule has 0 fully saturated rings. The fraction of sp³-hybridized carbons (Fsp3) is 0.144. The molecular formula is C104H117B15Br4N18Na2+. The fourth-order valence-corrected chi connectivity index (χ4v) is 12.4. The van der Waals surface area contributed by atoms with Gasteiger partial charge in [0.1, 0.15) is 24.0 Å². The second-order valence-electron chi connectivity index (χ2n) is 28.3. The van der Waals surface area contributed by atoms with Crippen LogP contribution in [0.5, 0.6) is 0 Å². The average molecular weight is 2150 g/mol. The van der Waals surface area contributed by atoms with Crippen LogP contribution < -0.4 is 97.6 Å². The molecule has 0 aliphatic carbocycles. The van der Waals surface area contributed by atoms with E-state index in [0.29, 0.717) is 0 Å². The van der Waals surface area contributed by atoms with Gasteiger partial charge < -0.3 is 72.2 Å². The van der Waals surface area contributed by atoms with Crippen molar-refractivity contribution in [1.82, 2.24) is 83.1 Å². The number of nitrogens with one attached hydrogen (secondary N) is 5. The second kappa shape index (κ2) is 90.5. The molecule has 697 valence electrons. The van der Waals surface area contributed by atoms with Gasteiger partial charge in [0.05, 0.1) is 84.2 Å². The summed E-state index contributed by atoms with van der Waals surface area (Å²) in [7, 11) is 47.8. The van der Waals surface area contributed by atoms with E-state index in [2.05, 4.69) is 344 Å². The third kappa shape index (κ3) is 63.6. The normalized spacial score (nSPS) is 8.87. The van der Waals surface area contributed by atoms with Crippen molar-refractivity contribution in [2.24, 2.45) is 0 Å². The number of aromatic nitrogens is 18. The second-order valence-corrected chi connectivity index (χ2v) is 29.6. The summed E-state index contributed by atoms with van der Waals surface area (Å²) in [6.45, 7) is 8.52. The standard InChI is InChI=1S/C16H14N2.C14H12N2.2C11H12N2.C10H10N2.C9H8N2.C8H9Br.C7H7Br.C7H6N2.C4H6N2.C3H4N2.4CH4.B5.B4.B3.B2.B.2BrH.2Na/c1-3-7-14(8-4-1)11-18-12-16(17-13-18)15-9-5-2-6-10-15;1-2-6-12(7-3-1)10-16-11-15-13-8-4-5-9-14(13)16;1-10-12-7-8-13(10)9-11-5-3-2-4-6-11;1-2-4-11(5-3-1)6-8-13-9-7-12-10-13;1-2-4-10(5-3-1)8-12-7-6-11-9-12;1-2-4-8(5-3-1)9-6-10-7-11-9;9-7-6-8-4-2-1-3-5-8;8-6-7-4-2-1-3-5-7;1-2-4-7-6(3-1)8-5-9-7;1-4-5-2-3-6-4;1-2-5-3-4-1;;;;;1-4-5(2)3;1-4(2)3;1-3-2;1-2;;;;;/h1-10,12-13H,11H2;1-9,11H,10H2;2-8H,9H2,1H3;1-5,7,9-10H,6,8H2;1-7,9H,8H2;1-7H,(H,10,11);1-5H,6-7H2;1-5H,6H2;1-5H,(H,8,9);2-3H,1H3,(H,5,6);1-3H,(H,4,5);4*1H4;;;;;;2*1H;;/q;;;;;;;;;;;;;;;;;;;;;;2*+1/p-1.